The number of carbonyl (C=O) groups excluding carboxylic acids is 5. The number of aliphatic hydroxyl groups is 1. The molecule has 0 spiro atoms. The maximum absolute atomic E-state index is 12.5. The molecule has 0 bridgehead atoms. The number of alkyl carbamates (subject to hydrolysis) is 1. The lowest BCUT2D eigenvalue weighted by Gasteiger charge is -2.24. The number of amides is 2. The molecular weight excluding hydrogens is 412 g/mol. The van der Waals surface area contributed by atoms with Gasteiger partial charge in [-0.1, -0.05) is 18.2 Å². The van der Waals surface area contributed by atoms with Crippen LogP contribution in [0.1, 0.15) is 37.6 Å². The molecule has 170 valence electrons. The van der Waals surface area contributed by atoms with Crippen molar-refractivity contribution >= 4 is 29.9 Å². The van der Waals surface area contributed by atoms with E-state index >= 15 is 0 Å². The zero-order chi connectivity index (χ0) is 23.6. The van der Waals surface area contributed by atoms with Crippen molar-refractivity contribution in [2.24, 2.45) is 0 Å². The van der Waals surface area contributed by atoms with E-state index in [1.165, 1.54) is 12.1 Å². The molecular formula is C20H26N2O9. The summed E-state index contributed by atoms with van der Waals surface area (Å²) in [6.07, 6.45) is -1.77. The van der Waals surface area contributed by atoms with Crippen molar-refractivity contribution in [3.05, 3.63) is 35.9 Å². The Hall–Kier alpha value is -3.47. The average Bonchev–Trinajstić information content (AvgIpc) is 2.69. The van der Waals surface area contributed by atoms with Crippen molar-refractivity contribution in [3.63, 3.8) is 0 Å². The minimum absolute atomic E-state index is 0.114. The Labute approximate surface area is 179 Å². The summed E-state index contributed by atoms with van der Waals surface area (Å²) in [4.78, 5) is 60.4. The lowest BCUT2D eigenvalue weighted by atomic mass is 10.1. The number of esters is 3. The maximum atomic E-state index is 12.5. The van der Waals surface area contributed by atoms with E-state index in [0.29, 0.717) is 0 Å². The second-order valence-corrected chi connectivity index (χ2v) is 7.30. The molecule has 0 aliphatic rings. The maximum Gasteiger partial charge on any atom is 0.408 e. The van der Waals surface area contributed by atoms with E-state index in [1.54, 1.807) is 39.0 Å². The molecule has 2 amide bonds. The summed E-state index contributed by atoms with van der Waals surface area (Å²) in [6.45, 7) is 3.99. The third-order valence-electron chi connectivity index (χ3n) is 3.58. The Morgan fingerprint density at radius 2 is 1.61 bits per heavy atom. The predicted octanol–water partition coefficient (Wildman–Crippen LogP) is 0.304. The topological polar surface area (TPSA) is 157 Å². The monoisotopic (exact) mass is 438 g/mol. The highest BCUT2D eigenvalue weighted by Gasteiger charge is 2.31. The molecule has 0 saturated heterocycles. The van der Waals surface area contributed by atoms with Crippen LogP contribution >= 0.6 is 0 Å². The third kappa shape index (κ3) is 9.26. The molecule has 31 heavy (non-hydrogen) atoms. The van der Waals surface area contributed by atoms with Gasteiger partial charge in [-0.3, -0.25) is 9.59 Å². The van der Waals surface area contributed by atoms with Crippen LogP contribution in [0.5, 0.6) is 0 Å². The van der Waals surface area contributed by atoms with Crippen molar-refractivity contribution in [1.82, 2.24) is 10.6 Å². The highest BCUT2D eigenvalue weighted by Crippen LogP contribution is 2.09. The van der Waals surface area contributed by atoms with Gasteiger partial charge >= 0.3 is 24.0 Å². The molecule has 11 nitrogen and oxygen atoms in total. The first-order valence-corrected chi connectivity index (χ1v) is 9.25. The second kappa shape index (κ2) is 11.6. The summed E-state index contributed by atoms with van der Waals surface area (Å²) in [7, 11) is 1.06. The van der Waals surface area contributed by atoms with Crippen molar-refractivity contribution in [3.8, 4) is 0 Å². The summed E-state index contributed by atoms with van der Waals surface area (Å²) in [5.41, 5.74) is -0.780. The first-order valence-electron chi connectivity index (χ1n) is 9.25. The first kappa shape index (κ1) is 25.6. The van der Waals surface area contributed by atoms with Gasteiger partial charge in [0.05, 0.1) is 25.7 Å². The summed E-state index contributed by atoms with van der Waals surface area (Å²) < 4.78 is 14.2. The smallest absolute Gasteiger partial charge is 0.408 e. The van der Waals surface area contributed by atoms with Crippen LogP contribution in [0.25, 0.3) is 0 Å². The molecule has 0 saturated carbocycles. The van der Waals surface area contributed by atoms with Gasteiger partial charge < -0.3 is 30.0 Å². The number of carbonyl (C=O) groups is 5. The van der Waals surface area contributed by atoms with Gasteiger partial charge in [0.2, 0.25) is 5.91 Å². The van der Waals surface area contributed by atoms with Gasteiger partial charge in [-0.25, -0.2) is 14.4 Å². The number of methoxy groups -OCH3 is 1. The minimum Gasteiger partial charge on any atom is -0.467 e. The number of hydrogen-bond acceptors (Lipinski definition) is 9. The fraction of sp³-hybridized carbons (Fsp3) is 0.450. The minimum atomic E-state index is -1.57. The Morgan fingerprint density at radius 1 is 1.00 bits per heavy atom. The van der Waals surface area contributed by atoms with Gasteiger partial charge in [0, 0.05) is 0 Å². The van der Waals surface area contributed by atoms with Crippen LogP contribution in [-0.2, 0) is 28.6 Å². The highest BCUT2D eigenvalue weighted by molar-refractivity contribution is 5.99. The SMILES string of the molecule is COC(=O)[C@@H](CO)NC(=O)[C@H](CC(=O)OC(=O)c1ccccc1)NC(=O)OC(C)(C)C. The van der Waals surface area contributed by atoms with Crippen LogP contribution in [0.4, 0.5) is 4.79 Å². The molecule has 0 aliphatic carbocycles. The van der Waals surface area contributed by atoms with Gasteiger partial charge in [0.15, 0.2) is 6.04 Å². The molecule has 1 aromatic rings. The van der Waals surface area contributed by atoms with Crippen molar-refractivity contribution in [2.75, 3.05) is 13.7 Å². The van der Waals surface area contributed by atoms with Gasteiger partial charge in [-0.15, -0.1) is 0 Å². The van der Waals surface area contributed by atoms with Crippen LogP contribution in [0.15, 0.2) is 30.3 Å². The number of benzene rings is 1. The number of rotatable bonds is 8. The van der Waals surface area contributed by atoms with Crippen LogP contribution in [0, 0.1) is 0 Å². The third-order valence-corrected chi connectivity index (χ3v) is 3.58. The Bertz CT molecular complexity index is 803. The largest absolute Gasteiger partial charge is 0.467 e. The van der Waals surface area contributed by atoms with E-state index in [9.17, 15) is 29.1 Å². The number of hydrogen-bond donors (Lipinski definition) is 3. The molecule has 0 radical (unpaired) electrons. The van der Waals surface area contributed by atoms with Gasteiger partial charge in [0.1, 0.15) is 11.6 Å². The summed E-state index contributed by atoms with van der Waals surface area (Å²) in [5.74, 6) is -3.98. The highest BCUT2D eigenvalue weighted by atomic mass is 16.6. The average molecular weight is 438 g/mol. The molecule has 11 heteroatoms. The Morgan fingerprint density at radius 3 is 2.13 bits per heavy atom. The van der Waals surface area contributed by atoms with E-state index in [0.717, 1.165) is 7.11 Å². The van der Waals surface area contributed by atoms with E-state index in [-0.39, 0.29) is 5.56 Å². The molecule has 2 atom stereocenters. The second-order valence-electron chi connectivity index (χ2n) is 7.30. The van der Waals surface area contributed by atoms with Crippen molar-refractivity contribution in [2.45, 2.75) is 44.9 Å². The van der Waals surface area contributed by atoms with Gasteiger partial charge in [0.25, 0.3) is 0 Å². The standard InChI is InChI=1S/C20H26N2O9/c1-20(2,3)31-19(28)22-13(16(25)21-14(11-23)18(27)29-4)10-15(24)30-17(26)12-8-6-5-7-9-12/h5-9,13-14,23H,10-11H2,1-4H3,(H,21,25)(H,22,28)/t13-,14+/m0/s1. The van der Waals surface area contributed by atoms with Crippen molar-refractivity contribution < 1.29 is 43.3 Å². The number of nitrogens with one attached hydrogen (secondary N) is 2. The van der Waals surface area contributed by atoms with Crippen LogP contribution in [0.2, 0.25) is 0 Å². The summed E-state index contributed by atoms with van der Waals surface area (Å²) in [6, 6.07) is 4.68. The van der Waals surface area contributed by atoms with Crippen molar-refractivity contribution in [1.29, 1.82) is 0 Å². The molecule has 1 aromatic carbocycles. The molecule has 0 aliphatic heterocycles. The fourth-order valence-corrected chi connectivity index (χ4v) is 2.20. The molecule has 0 heterocycles. The van der Waals surface area contributed by atoms with Gasteiger partial charge in [-0.2, -0.15) is 0 Å². The number of ether oxygens (including phenoxy) is 3. The van der Waals surface area contributed by atoms with Crippen LogP contribution < -0.4 is 10.6 Å². The molecule has 3 N–H and O–H groups in total. The quantitative estimate of drug-likeness (QED) is 0.295. The van der Waals surface area contributed by atoms with E-state index in [2.05, 4.69) is 15.4 Å². The normalized spacial score (nSPS) is 12.7. The van der Waals surface area contributed by atoms with Crippen LogP contribution in [0.3, 0.4) is 0 Å². The lowest BCUT2D eigenvalue weighted by molar-refractivity contribution is -0.146. The summed E-state index contributed by atoms with van der Waals surface area (Å²) >= 11 is 0. The van der Waals surface area contributed by atoms with E-state index in [1.807, 2.05) is 0 Å². The molecule has 1 rings (SSSR count). The van der Waals surface area contributed by atoms with Crippen LogP contribution in [-0.4, -0.2) is 66.4 Å². The van der Waals surface area contributed by atoms with E-state index < -0.39 is 60.6 Å². The first-order chi connectivity index (χ1) is 14.5. The zero-order valence-electron chi connectivity index (χ0n) is 17.7. The number of aliphatic hydroxyl groups excluding tert-OH is 1. The van der Waals surface area contributed by atoms with Gasteiger partial charge in [-0.05, 0) is 32.9 Å². The lowest BCUT2D eigenvalue weighted by Crippen LogP contribution is -2.54. The molecule has 0 unspecified atom stereocenters. The van der Waals surface area contributed by atoms with E-state index in [4.69, 9.17) is 9.47 Å². The fourth-order valence-electron chi connectivity index (χ4n) is 2.20. The predicted molar refractivity (Wildman–Crippen MR) is 106 cm³/mol. The Kier molecular flexibility index (Phi) is 9.61. The Balaban J connectivity index is 2.91. The zero-order valence-corrected chi connectivity index (χ0v) is 17.7. The summed E-state index contributed by atoms with van der Waals surface area (Å²) in [5, 5.41) is 13.6. The molecule has 0 fully saturated rings. The molecule has 0 aromatic heterocycles.